The predicted molar refractivity (Wildman–Crippen MR) is 89.5 cm³/mol. The molecule has 3 aromatic rings. The lowest BCUT2D eigenvalue weighted by Crippen LogP contribution is -2.02. The summed E-state index contributed by atoms with van der Waals surface area (Å²) in [4.78, 5) is 15.1. The Kier molecular flexibility index (Phi) is 4.57. The van der Waals surface area contributed by atoms with Crippen LogP contribution in [0.5, 0.6) is 0 Å². The Morgan fingerprint density at radius 3 is 2.58 bits per heavy atom. The third-order valence-corrected chi connectivity index (χ3v) is 4.75. The van der Waals surface area contributed by atoms with Crippen LogP contribution in [0.25, 0.3) is 10.2 Å². The number of fused-ring (bicyclic) bond motifs is 1. The van der Waals surface area contributed by atoms with Gasteiger partial charge < -0.3 is 5.11 Å². The molecule has 0 unspecified atom stereocenters. The first-order valence-corrected chi connectivity index (χ1v) is 8.35. The molecule has 0 aliphatic rings. The van der Waals surface area contributed by atoms with Gasteiger partial charge in [-0.1, -0.05) is 25.1 Å². The van der Waals surface area contributed by atoms with Gasteiger partial charge in [0.25, 0.3) is 0 Å². The Morgan fingerprint density at radius 1 is 1.17 bits per heavy atom. The minimum atomic E-state index is -0.927. The minimum Gasteiger partial charge on any atom is -0.481 e. The van der Waals surface area contributed by atoms with Crippen molar-refractivity contribution in [2.24, 2.45) is 0 Å². The first-order valence-electron chi connectivity index (χ1n) is 7.53. The quantitative estimate of drug-likeness (QED) is 0.746. The summed E-state index contributed by atoms with van der Waals surface area (Å²) in [6.45, 7) is 2.00. The molecule has 0 atom stereocenters. The Hall–Kier alpha value is -2.34. The van der Waals surface area contributed by atoms with Crippen molar-refractivity contribution in [3.05, 3.63) is 63.7 Å². The summed E-state index contributed by atoms with van der Waals surface area (Å²) in [7, 11) is 0. The maximum Gasteiger partial charge on any atom is 0.307 e. The molecule has 3 nitrogen and oxygen atoms in total. The van der Waals surface area contributed by atoms with Crippen LogP contribution in [0.1, 0.15) is 28.6 Å². The molecule has 0 amide bonds. The molecular weight excluding hydrogens is 332 g/mol. The van der Waals surface area contributed by atoms with Gasteiger partial charge >= 0.3 is 5.97 Å². The number of aryl methyl sites for hydroxylation is 1. The summed E-state index contributed by atoms with van der Waals surface area (Å²) in [5, 5.41) is 9.65. The van der Waals surface area contributed by atoms with Crippen molar-refractivity contribution in [3.63, 3.8) is 0 Å². The van der Waals surface area contributed by atoms with Gasteiger partial charge in [-0.05, 0) is 35.2 Å². The van der Waals surface area contributed by atoms with E-state index in [0.29, 0.717) is 16.1 Å². The summed E-state index contributed by atoms with van der Waals surface area (Å²) in [5.74, 6) is -2.72. The van der Waals surface area contributed by atoms with Crippen LogP contribution in [0.3, 0.4) is 0 Å². The first-order chi connectivity index (χ1) is 11.5. The maximum atomic E-state index is 13.8. The smallest absolute Gasteiger partial charge is 0.307 e. The van der Waals surface area contributed by atoms with E-state index in [1.54, 1.807) is 0 Å². The van der Waals surface area contributed by atoms with Crippen molar-refractivity contribution in [1.29, 1.82) is 0 Å². The number of benzene rings is 2. The van der Waals surface area contributed by atoms with Gasteiger partial charge in [0, 0.05) is 6.42 Å². The number of carboxylic acid groups (broad SMARTS) is 1. The fourth-order valence-corrected chi connectivity index (χ4v) is 3.65. The van der Waals surface area contributed by atoms with Crippen molar-refractivity contribution in [2.45, 2.75) is 26.2 Å². The highest BCUT2D eigenvalue weighted by Gasteiger charge is 2.13. The van der Waals surface area contributed by atoms with Gasteiger partial charge in [-0.15, -0.1) is 11.3 Å². The molecule has 1 aromatic heterocycles. The third-order valence-electron chi connectivity index (χ3n) is 3.73. The monoisotopic (exact) mass is 347 g/mol. The van der Waals surface area contributed by atoms with Gasteiger partial charge in [0.1, 0.15) is 5.52 Å². The third kappa shape index (κ3) is 3.43. The molecule has 124 valence electrons. The van der Waals surface area contributed by atoms with Gasteiger partial charge in [0.05, 0.1) is 16.1 Å². The van der Waals surface area contributed by atoms with E-state index in [9.17, 15) is 13.6 Å². The fraction of sp³-hybridized carbons (Fsp3) is 0.222. The topological polar surface area (TPSA) is 50.2 Å². The number of aromatic nitrogens is 1. The highest BCUT2D eigenvalue weighted by Crippen LogP contribution is 2.27. The van der Waals surface area contributed by atoms with Crippen LogP contribution in [-0.2, 0) is 24.1 Å². The lowest BCUT2D eigenvalue weighted by molar-refractivity contribution is -0.136. The summed E-state index contributed by atoms with van der Waals surface area (Å²) in [5.41, 5.74) is 2.75. The van der Waals surface area contributed by atoms with Crippen LogP contribution in [-0.4, -0.2) is 16.1 Å². The van der Waals surface area contributed by atoms with E-state index in [1.807, 2.05) is 25.1 Å². The van der Waals surface area contributed by atoms with Crippen molar-refractivity contribution in [1.82, 2.24) is 4.98 Å². The fourth-order valence-electron chi connectivity index (χ4n) is 2.66. The molecule has 0 spiro atoms. The maximum absolute atomic E-state index is 13.8. The molecule has 2 aromatic carbocycles. The second-order valence-electron chi connectivity index (χ2n) is 5.57. The Labute approximate surface area is 141 Å². The number of halogens is 2. The molecule has 0 bridgehead atoms. The van der Waals surface area contributed by atoms with E-state index >= 15 is 0 Å². The highest BCUT2D eigenvalue weighted by atomic mass is 32.1. The standard InChI is InChI=1S/C18H15F2NO2S/c1-2-10-5-11(7-12(6-10)9-16(22)23)8-15-21-18-14(24-15)4-3-13(19)17(18)20/h3-7H,2,8-9H2,1H3,(H,22,23). The summed E-state index contributed by atoms with van der Waals surface area (Å²) >= 11 is 1.31. The molecule has 0 saturated carbocycles. The van der Waals surface area contributed by atoms with E-state index in [2.05, 4.69) is 4.98 Å². The number of carbonyl (C=O) groups is 1. The van der Waals surface area contributed by atoms with Gasteiger partial charge in [0.15, 0.2) is 11.6 Å². The van der Waals surface area contributed by atoms with Gasteiger partial charge in [-0.3, -0.25) is 4.79 Å². The average Bonchev–Trinajstić information content (AvgIpc) is 2.93. The largest absolute Gasteiger partial charge is 0.481 e. The zero-order valence-corrected chi connectivity index (χ0v) is 13.8. The Balaban J connectivity index is 1.95. The van der Waals surface area contributed by atoms with Gasteiger partial charge in [0.2, 0.25) is 0 Å². The van der Waals surface area contributed by atoms with Crippen molar-refractivity contribution < 1.29 is 18.7 Å². The second kappa shape index (κ2) is 6.65. The number of hydrogen-bond donors (Lipinski definition) is 1. The molecule has 1 heterocycles. The predicted octanol–water partition coefficient (Wildman–Crippen LogP) is 4.35. The minimum absolute atomic E-state index is 0.0411. The van der Waals surface area contributed by atoms with Crippen LogP contribution < -0.4 is 0 Å². The SMILES string of the molecule is CCc1cc(CC(=O)O)cc(Cc2nc3c(F)c(F)ccc3s2)c1. The van der Waals surface area contributed by atoms with E-state index in [1.165, 1.54) is 17.4 Å². The van der Waals surface area contributed by atoms with Crippen molar-refractivity contribution in [2.75, 3.05) is 0 Å². The summed E-state index contributed by atoms with van der Waals surface area (Å²) in [6.07, 6.45) is 1.21. The normalized spacial score (nSPS) is 11.1. The zero-order chi connectivity index (χ0) is 17.3. The molecule has 0 radical (unpaired) electrons. The summed E-state index contributed by atoms with van der Waals surface area (Å²) in [6, 6.07) is 8.32. The highest BCUT2D eigenvalue weighted by molar-refractivity contribution is 7.18. The van der Waals surface area contributed by atoms with Crippen LogP contribution in [0.15, 0.2) is 30.3 Å². The number of aliphatic carboxylic acids is 1. The molecule has 24 heavy (non-hydrogen) atoms. The van der Waals surface area contributed by atoms with E-state index in [-0.39, 0.29) is 11.9 Å². The second-order valence-corrected chi connectivity index (χ2v) is 6.69. The van der Waals surface area contributed by atoms with Crippen LogP contribution >= 0.6 is 11.3 Å². The van der Waals surface area contributed by atoms with Gasteiger partial charge in [-0.25, -0.2) is 13.8 Å². The lowest BCUT2D eigenvalue weighted by atomic mass is 10.0. The number of nitrogens with zero attached hydrogens (tertiary/aromatic N) is 1. The summed E-state index contributed by atoms with van der Waals surface area (Å²) < 4.78 is 27.7. The van der Waals surface area contributed by atoms with Crippen LogP contribution in [0.4, 0.5) is 8.78 Å². The number of thiazole rings is 1. The number of rotatable bonds is 5. The van der Waals surface area contributed by atoms with Crippen molar-refractivity contribution >= 4 is 27.5 Å². The Morgan fingerprint density at radius 2 is 1.88 bits per heavy atom. The molecule has 0 saturated heterocycles. The van der Waals surface area contributed by atoms with E-state index < -0.39 is 17.6 Å². The molecule has 3 rings (SSSR count). The molecule has 6 heteroatoms. The van der Waals surface area contributed by atoms with Crippen molar-refractivity contribution in [3.8, 4) is 0 Å². The molecular formula is C18H15F2NO2S. The van der Waals surface area contributed by atoms with Crippen LogP contribution in [0, 0.1) is 11.6 Å². The molecule has 1 N–H and O–H groups in total. The number of hydrogen-bond acceptors (Lipinski definition) is 3. The van der Waals surface area contributed by atoms with E-state index in [4.69, 9.17) is 5.11 Å². The first kappa shape index (κ1) is 16.5. The van der Waals surface area contributed by atoms with Crippen LogP contribution in [0.2, 0.25) is 0 Å². The zero-order valence-electron chi connectivity index (χ0n) is 13.0. The van der Waals surface area contributed by atoms with Gasteiger partial charge in [-0.2, -0.15) is 0 Å². The molecule has 0 fully saturated rings. The number of carboxylic acids is 1. The Bertz CT molecular complexity index is 921. The molecule has 0 aliphatic heterocycles. The molecule has 0 aliphatic carbocycles. The van der Waals surface area contributed by atoms with E-state index in [0.717, 1.165) is 29.2 Å². The lowest BCUT2D eigenvalue weighted by Gasteiger charge is -2.06. The average molecular weight is 347 g/mol.